The lowest BCUT2D eigenvalue weighted by Crippen LogP contribution is -2.35. The number of fused-ring (bicyclic) bond motifs is 1. The number of amides is 2. The van der Waals surface area contributed by atoms with E-state index in [0.717, 1.165) is 22.5 Å². The summed E-state index contributed by atoms with van der Waals surface area (Å²) in [4.78, 5) is 41.3. The van der Waals surface area contributed by atoms with Crippen molar-refractivity contribution in [1.29, 1.82) is 0 Å². The minimum Gasteiger partial charge on any atom is -0.375 e. The van der Waals surface area contributed by atoms with Crippen LogP contribution in [0.1, 0.15) is 32.9 Å². The van der Waals surface area contributed by atoms with E-state index in [1.807, 2.05) is 31.2 Å². The number of carbonyl (C=O) groups is 3. The van der Waals surface area contributed by atoms with Gasteiger partial charge in [-0.1, -0.05) is 41.2 Å². The van der Waals surface area contributed by atoms with Crippen LogP contribution in [-0.4, -0.2) is 36.3 Å². The van der Waals surface area contributed by atoms with Crippen molar-refractivity contribution in [2.75, 3.05) is 19.0 Å². The highest BCUT2D eigenvalue weighted by Crippen LogP contribution is 2.32. The van der Waals surface area contributed by atoms with Crippen molar-refractivity contribution in [3.63, 3.8) is 0 Å². The molecule has 1 aromatic carbocycles. The van der Waals surface area contributed by atoms with Gasteiger partial charge in [-0.15, -0.1) is 0 Å². The average Bonchev–Trinajstić information content (AvgIpc) is 3.03. The first-order valence-corrected chi connectivity index (χ1v) is 9.43. The van der Waals surface area contributed by atoms with Gasteiger partial charge in [0.15, 0.2) is 10.9 Å². The third-order valence-corrected chi connectivity index (χ3v) is 5.32. The number of rotatable bonds is 6. The lowest BCUT2D eigenvalue weighted by molar-refractivity contribution is -0.125. The van der Waals surface area contributed by atoms with Crippen molar-refractivity contribution in [3.05, 3.63) is 46.0 Å². The van der Waals surface area contributed by atoms with Crippen LogP contribution in [0.15, 0.2) is 24.3 Å². The zero-order valence-electron chi connectivity index (χ0n) is 15.2. The number of anilines is 1. The summed E-state index contributed by atoms with van der Waals surface area (Å²) in [5, 5.41) is 5.87. The molecule has 0 radical (unpaired) electrons. The number of aromatic nitrogens is 1. The normalized spacial score (nSPS) is 15.9. The van der Waals surface area contributed by atoms with Gasteiger partial charge in [-0.05, 0) is 12.5 Å². The maximum atomic E-state index is 12.5. The molecule has 0 aliphatic heterocycles. The van der Waals surface area contributed by atoms with Crippen molar-refractivity contribution < 1.29 is 19.1 Å². The fraction of sp³-hybridized carbons (Fsp3) is 0.368. The molecule has 1 aliphatic rings. The lowest BCUT2D eigenvalue weighted by atomic mass is 9.89. The number of benzene rings is 1. The van der Waals surface area contributed by atoms with Gasteiger partial charge in [0.05, 0.1) is 16.5 Å². The van der Waals surface area contributed by atoms with Gasteiger partial charge in [0, 0.05) is 26.5 Å². The molecule has 0 saturated carbocycles. The van der Waals surface area contributed by atoms with Crippen LogP contribution in [0, 0.1) is 12.8 Å². The number of thiazole rings is 1. The Balaban J connectivity index is 1.63. The molecule has 0 saturated heterocycles. The number of nitrogens with zero attached hydrogens (tertiary/aromatic N) is 1. The predicted molar refractivity (Wildman–Crippen MR) is 102 cm³/mol. The molecule has 0 fully saturated rings. The molecule has 2 N–H and O–H groups in total. The van der Waals surface area contributed by atoms with Gasteiger partial charge < -0.3 is 10.1 Å². The third kappa shape index (κ3) is 4.78. The quantitative estimate of drug-likeness (QED) is 0.791. The smallest absolute Gasteiger partial charge is 0.252 e. The van der Waals surface area contributed by atoms with Gasteiger partial charge in [-0.25, -0.2) is 4.98 Å². The molecule has 142 valence electrons. The van der Waals surface area contributed by atoms with Gasteiger partial charge in [0.1, 0.15) is 6.61 Å². The van der Waals surface area contributed by atoms with Crippen molar-refractivity contribution in [2.24, 2.45) is 5.92 Å². The summed E-state index contributed by atoms with van der Waals surface area (Å²) in [6.45, 7) is 2.34. The van der Waals surface area contributed by atoms with Gasteiger partial charge in [0.25, 0.3) is 5.91 Å². The van der Waals surface area contributed by atoms with Crippen LogP contribution >= 0.6 is 11.3 Å². The highest BCUT2D eigenvalue weighted by atomic mass is 32.1. The fourth-order valence-corrected chi connectivity index (χ4v) is 3.97. The van der Waals surface area contributed by atoms with E-state index in [1.54, 1.807) is 0 Å². The first-order chi connectivity index (χ1) is 13.0. The highest BCUT2D eigenvalue weighted by Gasteiger charge is 2.33. The number of methoxy groups -OCH3 is 1. The van der Waals surface area contributed by atoms with E-state index in [9.17, 15) is 14.4 Å². The summed E-state index contributed by atoms with van der Waals surface area (Å²) in [5.74, 6) is -1.05. The Morgan fingerprint density at radius 2 is 2.15 bits per heavy atom. The monoisotopic (exact) mass is 387 g/mol. The average molecular weight is 387 g/mol. The molecular weight excluding hydrogens is 366 g/mol. The van der Waals surface area contributed by atoms with E-state index in [-0.39, 0.29) is 30.6 Å². The summed E-state index contributed by atoms with van der Waals surface area (Å²) >= 11 is 1.14. The number of hydrogen-bond donors (Lipinski definition) is 2. The van der Waals surface area contributed by atoms with Crippen LogP contribution in [0.3, 0.4) is 0 Å². The zero-order chi connectivity index (χ0) is 19.4. The number of carbonyl (C=O) groups excluding carboxylic acids is 3. The molecule has 1 aliphatic carbocycles. The van der Waals surface area contributed by atoms with Crippen LogP contribution in [-0.2, 0) is 27.3 Å². The Labute approximate surface area is 161 Å². The van der Waals surface area contributed by atoms with E-state index in [2.05, 4.69) is 15.6 Å². The Bertz CT molecular complexity index is 878. The molecule has 2 aromatic rings. The number of nitrogens with one attached hydrogen (secondary N) is 2. The van der Waals surface area contributed by atoms with E-state index in [4.69, 9.17) is 4.74 Å². The van der Waals surface area contributed by atoms with Crippen LogP contribution < -0.4 is 10.6 Å². The topological polar surface area (TPSA) is 97.4 Å². The van der Waals surface area contributed by atoms with Gasteiger partial charge in [-0.3, -0.25) is 19.7 Å². The maximum absolute atomic E-state index is 12.5. The summed E-state index contributed by atoms with van der Waals surface area (Å²) in [6.07, 6.45) is 0.539. The first-order valence-electron chi connectivity index (χ1n) is 8.61. The minimum absolute atomic E-state index is 0.0812. The van der Waals surface area contributed by atoms with Gasteiger partial charge >= 0.3 is 0 Å². The number of Topliss-reactive ketones (excluding diaryl/α,β-unsaturated/α-hetero) is 1. The molecule has 1 unspecified atom stereocenters. The van der Waals surface area contributed by atoms with Crippen molar-refractivity contribution in [2.45, 2.75) is 26.3 Å². The van der Waals surface area contributed by atoms with Gasteiger partial charge in [0.2, 0.25) is 5.91 Å². The van der Waals surface area contributed by atoms with Crippen LogP contribution in [0.25, 0.3) is 0 Å². The van der Waals surface area contributed by atoms with Crippen LogP contribution in [0.5, 0.6) is 0 Å². The first kappa shape index (κ1) is 19.2. The molecular formula is C19H21N3O4S. The number of ether oxygens (including phenoxy) is 1. The molecule has 2 amide bonds. The Morgan fingerprint density at radius 1 is 1.33 bits per heavy atom. The van der Waals surface area contributed by atoms with Gasteiger partial charge in [-0.2, -0.15) is 0 Å². The summed E-state index contributed by atoms with van der Waals surface area (Å²) in [5.41, 5.74) is 2.72. The minimum atomic E-state index is -0.445. The Morgan fingerprint density at radius 3 is 2.89 bits per heavy atom. The van der Waals surface area contributed by atoms with Crippen molar-refractivity contribution in [3.8, 4) is 0 Å². The number of ketones is 1. The van der Waals surface area contributed by atoms with E-state index in [0.29, 0.717) is 28.7 Å². The van der Waals surface area contributed by atoms with Crippen molar-refractivity contribution >= 4 is 34.1 Å². The van der Waals surface area contributed by atoms with E-state index in [1.165, 1.54) is 7.11 Å². The second kappa shape index (κ2) is 8.41. The predicted octanol–water partition coefficient (Wildman–Crippen LogP) is 2.10. The lowest BCUT2D eigenvalue weighted by Gasteiger charge is -2.19. The molecule has 1 atom stereocenters. The van der Waals surface area contributed by atoms with Crippen molar-refractivity contribution in [1.82, 2.24) is 10.3 Å². The van der Waals surface area contributed by atoms with Crippen LogP contribution in [0.4, 0.5) is 5.13 Å². The largest absolute Gasteiger partial charge is 0.375 e. The van der Waals surface area contributed by atoms with E-state index >= 15 is 0 Å². The molecule has 1 aromatic heterocycles. The third-order valence-electron chi connectivity index (χ3n) is 4.26. The van der Waals surface area contributed by atoms with Crippen LogP contribution in [0.2, 0.25) is 0 Å². The molecule has 7 nitrogen and oxygen atoms in total. The molecule has 27 heavy (non-hydrogen) atoms. The molecule has 0 bridgehead atoms. The molecule has 0 spiro atoms. The second-order valence-electron chi connectivity index (χ2n) is 6.51. The SMILES string of the molecule is COCC(=O)Nc1nc2c(s1)C(=O)CC(C(=O)NCc1cccc(C)c1)C2. The fourth-order valence-electron chi connectivity index (χ4n) is 3.01. The second-order valence-corrected chi connectivity index (χ2v) is 7.51. The maximum Gasteiger partial charge on any atom is 0.252 e. The number of hydrogen-bond acceptors (Lipinski definition) is 6. The summed E-state index contributed by atoms with van der Waals surface area (Å²) in [6, 6.07) is 7.91. The molecule has 1 heterocycles. The highest BCUT2D eigenvalue weighted by molar-refractivity contribution is 7.17. The molecule has 8 heteroatoms. The Kier molecular flexibility index (Phi) is 5.98. The summed E-state index contributed by atoms with van der Waals surface area (Å²) < 4.78 is 4.76. The standard InChI is InChI=1S/C19H21N3O4S/c1-11-4-3-5-12(6-11)9-20-18(25)13-7-14-17(15(23)8-13)27-19(21-14)22-16(24)10-26-2/h3-6,13H,7-10H2,1-2H3,(H,20,25)(H,21,22,24). The Hall–Kier alpha value is -2.58. The summed E-state index contributed by atoms with van der Waals surface area (Å²) in [7, 11) is 1.43. The molecule has 3 rings (SSSR count). The zero-order valence-corrected chi connectivity index (χ0v) is 16.0. The van der Waals surface area contributed by atoms with E-state index < -0.39 is 5.92 Å². The number of aryl methyl sites for hydroxylation is 1.